The van der Waals surface area contributed by atoms with E-state index in [1.54, 1.807) is 0 Å². The number of likely N-dealkylation sites (N-methyl/N-ethyl adjacent to an activating group) is 2. The molecule has 1 aromatic rings. The zero-order valence-electron chi connectivity index (χ0n) is 14.9. The first-order chi connectivity index (χ1) is 10.9. The number of aromatic hydroxyl groups is 1. The van der Waals surface area contributed by atoms with Gasteiger partial charge in [-0.25, -0.2) is 0 Å². The van der Waals surface area contributed by atoms with Crippen LogP contribution in [0.15, 0.2) is 12.1 Å². The average Bonchev–Trinajstić information content (AvgIpc) is 2.50. The number of hydrogen-bond donors (Lipinski definition) is 3. The lowest BCUT2D eigenvalue weighted by Crippen LogP contribution is -2.23. The monoisotopic (exact) mass is 324 g/mol. The molecule has 0 heterocycles. The highest BCUT2D eigenvalue weighted by atomic mass is 16.3. The van der Waals surface area contributed by atoms with Crippen LogP contribution in [0.3, 0.4) is 0 Å². The van der Waals surface area contributed by atoms with E-state index in [1.165, 1.54) is 5.56 Å². The highest BCUT2D eigenvalue weighted by molar-refractivity contribution is 5.44. The van der Waals surface area contributed by atoms with E-state index in [-0.39, 0.29) is 13.2 Å². The van der Waals surface area contributed by atoms with E-state index in [0.29, 0.717) is 37.8 Å². The van der Waals surface area contributed by atoms with Gasteiger partial charge in [0, 0.05) is 37.3 Å². The third-order valence-electron chi connectivity index (χ3n) is 4.32. The van der Waals surface area contributed by atoms with Crippen molar-refractivity contribution in [2.75, 3.05) is 40.4 Å². The lowest BCUT2D eigenvalue weighted by molar-refractivity contribution is 0.213. The number of hydrogen-bond acceptors (Lipinski definition) is 5. The number of aliphatic hydroxyl groups excluding tert-OH is 2. The number of nitrogens with zero attached hydrogens (tertiary/aromatic N) is 2. The summed E-state index contributed by atoms with van der Waals surface area (Å²) in [5.74, 6) is 0.756. The van der Waals surface area contributed by atoms with Gasteiger partial charge >= 0.3 is 0 Å². The van der Waals surface area contributed by atoms with Crippen LogP contribution < -0.4 is 0 Å². The molecule has 0 spiro atoms. The Labute approximate surface area is 140 Å². The summed E-state index contributed by atoms with van der Waals surface area (Å²) in [7, 11) is 3.87. The third-order valence-corrected chi connectivity index (χ3v) is 4.32. The Morgan fingerprint density at radius 1 is 0.957 bits per heavy atom. The summed E-state index contributed by atoms with van der Waals surface area (Å²) in [6.45, 7) is 6.92. The van der Waals surface area contributed by atoms with E-state index in [4.69, 9.17) is 10.2 Å². The van der Waals surface area contributed by atoms with E-state index >= 15 is 0 Å². The number of phenolic OH excluding ortho intramolecular Hbond substituents is 1. The fourth-order valence-electron chi connectivity index (χ4n) is 2.63. The molecular weight excluding hydrogens is 292 g/mol. The third kappa shape index (κ3) is 6.11. The van der Waals surface area contributed by atoms with Gasteiger partial charge in [0.25, 0.3) is 0 Å². The van der Waals surface area contributed by atoms with Crippen LogP contribution in [-0.2, 0) is 13.1 Å². The van der Waals surface area contributed by atoms with Crippen LogP contribution in [0.25, 0.3) is 0 Å². The first-order valence-corrected chi connectivity index (χ1v) is 8.36. The van der Waals surface area contributed by atoms with Gasteiger partial charge in [0.05, 0.1) is 13.2 Å². The van der Waals surface area contributed by atoms with Gasteiger partial charge in [-0.3, -0.25) is 9.80 Å². The topological polar surface area (TPSA) is 67.2 Å². The van der Waals surface area contributed by atoms with E-state index in [2.05, 4.69) is 26.0 Å². The first kappa shape index (κ1) is 19.9. The molecule has 0 aliphatic carbocycles. The molecule has 5 heteroatoms. The fraction of sp³-hybridized carbons (Fsp3) is 0.667. The van der Waals surface area contributed by atoms with Crippen molar-refractivity contribution >= 4 is 0 Å². The quantitative estimate of drug-likeness (QED) is 0.612. The predicted molar refractivity (Wildman–Crippen MR) is 93.7 cm³/mol. The molecular formula is C18H32N2O3. The maximum atomic E-state index is 10.6. The molecule has 5 nitrogen and oxygen atoms in total. The molecule has 3 N–H and O–H groups in total. The summed E-state index contributed by atoms with van der Waals surface area (Å²) in [6.07, 6.45) is 1.04. The minimum absolute atomic E-state index is 0.106. The molecule has 0 aliphatic rings. The van der Waals surface area contributed by atoms with E-state index in [9.17, 15) is 5.11 Å². The van der Waals surface area contributed by atoms with Crippen molar-refractivity contribution in [2.24, 2.45) is 0 Å². The molecule has 0 aliphatic heterocycles. The lowest BCUT2D eigenvalue weighted by Gasteiger charge is -2.22. The van der Waals surface area contributed by atoms with Crippen LogP contribution in [0, 0.1) is 0 Å². The van der Waals surface area contributed by atoms with Crippen molar-refractivity contribution in [3.8, 4) is 5.75 Å². The molecule has 0 bridgehead atoms. The minimum atomic E-state index is 0.106. The van der Waals surface area contributed by atoms with E-state index in [0.717, 1.165) is 17.5 Å². The number of rotatable bonds is 10. The second-order valence-electron chi connectivity index (χ2n) is 6.42. The maximum absolute atomic E-state index is 10.6. The van der Waals surface area contributed by atoms with Gasteiger partial charge in [-0.1, -0.05) is 26.0 Å². The molecule has 0 radical (unpaired) electrons. The second-order valence-corrected chi connectivity index (χ2v) is 6.42. The zero-order valence-corrected chi connectivity index (χ0v) is 14.9. The van der Waals surface area contributed by atoms with Gasteiger partial charge in [-0.2, -0.15) is 0 Å². The Kier molecular flexibility index (Phi) is 8.55. The molecule has 1 rings (SSSR count). The Hall–Kier alpha value is -1.14. The van der Waals surface area contributed by atoms with Gasteiger partial charge in [0.2, 0.25) is 0 Å². The summed E-state index contributed by atoms with van der Waals surface area (Å²) < 4.78 is 0. The van der Waals surface area contributed by atoms with Gasteiger partial charge in [-0.15, -0.1) is 0 Å². The van der Waals surface area contributed by atoms with Gasteiger partial charge in [0.15, 0.2) is 0 Å². The van der Waals surface area contributed by atoms with Crippen molar-refractivity contribution in [1.82, 2.24) is 9.80 Å². The fourth-order valence-corrected chi connectivity index (χ4v) is 2.63. The van der Waals surface area contributed by atoms with Crippen LogP contribution in [0.4, 0.5) is 0 Å². The van der Waals surface area contributed by atoms with Crippen LogP contribution >= 0.6 is 0 Å². The molecule has 23 heavy (non-hydrogen) atoms. The first-order valence-electron chi connectivity index (χ1n) is 8.36. The molecule has 132 valence electrons. The molecule has 0 aromatic heterocycles. The Morgan fingerprint density at radius 3 is 1.74 bits per heavy atom. The van der Waals surface area contributed by atoms with Crippen LogP contribution in [0.5, 0.6) is 5.75 Å². The highest BCUT2D eigenvalue weighted by Crippen LogP contribution is 2.31. The van der Waals surface area contributed by atoms with Gasteiger partial charge < -0.3 is 15.3 Å². The normalized spacial score (nSPS) is 13.0. The summed E-state index contributed by atoms with van der Waals surface area (Å²) in [4.78, 5) is 3.99. The zero-order chi connectivity index (χ0) is 17.4. The summed E-state index contributed by atoms with van der Waals surface area (Å²) in [5.41, 5.74) is 3.02. The Balaban J connectivity index is 3.11. The van der Waals surface area contributed by atoms with Crippen LogP contribution in [-0.4, -0.2) is 65.5 Å². The second kappa shape index (κ2) is 9.88. The summed E-state index contributed by atoms with van der Waals surface area (Å²) >= 11 is 0. The minimum Gasteiger partial charge on any atom is -0.507 e. The van der Waals surface area contributed by atoms with Crippen molar-refractivity contribution in [3.05, 3.63) is 28.8 Å². The summed E-state index contributed by atoms with van der Waals surface area (Å²) in [5, 5.41) is 28.7. The average molecular weight is 324 g/mol. The molecule has 0 saturated carbocycles. The number of benzene rings is 1. The van der Waals surface area contributed by atoms with Crippen molar-refractivity contribution in [2.45, 2.75) is 39.3 Å². The molecule has 1 unspecified atom stereocenters. The molecule has 0 amide bonds. The van der Waals surface area contributed by atoms with Crippen molar-refractivity contribution in [3.63, 3.8) is 0 Å². The molecule has 1 aromatic carbocycles. The summed E-state index contributed by atoms with van der Waals surface area (Å²) in [6, 6.07) is 4.15. The SMILES string of the molecule is CCC(C)c1cc(CN(C)CCO)c(O)c(CN(C)CCO)c1. The van der Waals surface area contributed by atoms with Gasteiger partial charge in [0.1, 0.15) is 5.75 Å². The standard InChI is InChI=1S/C18H32N2O3/c1-5-14(2)15-10-16(12-19(3)6-8-21)18(23)17(11-15)13-20(4)7-9-22/h10-11,14,21-23H,5-9,12-13H2,1-4H3. The smallest absolute Gasteiger partial charge is 0.124 e. The maximum Gasteiger partial charge on any atom is 0.124 e. The molecule has 0 fully saturated rings. The lowest BCUT2D eigenvalue weighted by atomic mass is 9.93. The van der Waals surface area contributed by atoms with Crippen molar-refractivity contribution < 1.29 is 15.3 Å². The van der Waals surface area contributed by atoms with Gasteiger partial charge in [-0.05, 0) is 32.0 Å². The number of aliphatic hydroxyl groups is 2. The molecule has 0 saturated heterocycles. The molecule has 1 atom stereocenters. The van der Waals surface area contributed by atoms with Crippen LogP contribution in [0.2, 0.25) is 0 Å². The van der Waals surface area contributed by atoms with Crippen LogP contribution in [0.1, 0.15) is 42.9 Å². The largest absolute Gasteiger partial charge is 0.507 e. The van der Waals surface area contributed by atoms with E-state index in [1.807, 2.05) is 23.9 Å². The van der Waals surface area contributed by atoms with E-state index < -0.39 is 0 Å². The number of phenols is 1. The highest BCUT2D eigenvalue weighted by Gasteiger charge is 2.15. The Bertz CT molecular complexity index is 444. The Morgan fingerprint density at radius 2 is 1.39 bits per heavy atom. The predicted octanol–water partition coefficient (Wildman–Crippen LogP) is 1.75. The van der Waals surface area contributed by atoms with Crippen molar-refractivity contribution in [1.29, 1.82) is 0 Å².